The van der Waals surface area contributed by atoms with Crippen LogP contribution in [0.2, 0.25) is 5.02 Å². The fraction of sp³-hybridized carbons (Fsp3) is 0. The van der Waals surface area contributed by atoms with E-state index in [0.717, 1.165) is 5.56 Å². The normalized spacial score (nSPS) is 11.3. The Morgan fingerprint density at radius 3 is 2.32 bits per heavy atom. The number of benzene rings is 2. The zero-order chi connectivity index (χ0) is 15.6. The van der Waals surface area contributed by atoms with Gasteiger partial charge in [-0.05, 0) is 30.3 Å². The van der Waals surface area contributed by atoms with Gasteiger partial charge >= 0.3 is 0 Å². The van der Waals surface area contributed by atoms with Gasteiger partial charge in [-0.15, -0.1) is 0 Å². The number of nitrogens with one attached hydrogen (secondary N) is 1. The summed E-state index contributed by atoms with van der Waals surface area (Å²) in [6, 6.07) is 16.9. The summed E-state index contributed by atoms with van der Waals surface area (Å²) < 4.78 is 24.7. The summed E-state index contributed by atoms with van der Waals surface area (Å²) >= 11 is 5.87. The van der Waals surface area contributed by atoms with Crippen molar-refractivity contribution in [3.05, 3.63) is 71.9 Å². The van der Waals surface area contributed by atoms with Crippen molar-refractivity contribution >= 4 is 21.6 Å². The van der Waals surface area contributed by atoms with Crippen LogP contribution in [0.15, 0.2) is 71.8 Å². The van der Waals surface area contributed by atoms with Crippen LogP contribution in [-0.4, -0.2) is 18.3 Å². The molecule has 0 bridgehead atoms. The maximum absolute atomic E-state index is 12.3. The average Bonchev–Trinajstić information content (AvgIpc) is 2.96. The van der Waals surface area contributed by atoms with Crippen molar-refractivity contribution in [2.75, 3.05) is 4.83 Å². The molecule has 1 N–H and O–H groups in total. The molecule has 3 rings (SSSR count). The zero-order valence-electron chi connectivity index (χ0n) is 11.3. The van der Waals surface area contributed by atoms with E-state index in [0.29, 0.717) is 10.7 Å². The van der Waals surface area contributed by atoms with Crippen molar-refractivity contribution in [1.82, 2.24) is 9.89 Å². The number of hydrogen-bond acceptors (Lipinski definition) is 3. The molecule has 112 valence electrons. The number of hydrogen-bond donors (Lipinski definition) is 1. The second kappa shape index (κ2) is 5.82. The van der Waals surface area contributed by atoms with Crippen LogP contribution in [0.5, 0.6) is 0 Å². The third kappa shape index (κ3) is 2.98. The minimum absolute atomic E-state index is 0.174. The molecule has 0 aliphatic heterocycles. The van der Waals surface area contributed by atoms with Crippen LogP contribution in [0.3, 0.4) is 0 Å². The molecule has 0 aliphatic rings. The molecule has 2 aromatic carbocycles. The molecule has 5 nitrogen and oxygen atoms in total. The monoisotopic (exact) mass is 333 g/mol. The molecule has 0 atom stereocenters. The molecular formula is C15H12ClN3O2S. The largest absolute Gasteiger partial charge is 0.276 e. The first-order chi connectivity index (χ1) is 10.6. The lowest BCUT2D eigenvalue weighted by molar-refractivity contribution is 0.592. The number of halogens is 1. The fourth-order valence-electron chi connectivity index (χ4n) is 1.98. The Kier molecular flexibility index (Phi) is 3.87. The van der Waals surface area contributed by atoms with Crippen LogP contribution in [0.25, 0.3) is 11.3 Å². The maximum atomic E-state index is 12.3. The van der Waals surface area contributed by atoms with Crippen LogP contribution in [0.4, 0.5) is 0 Å². The van der Waals surface area contributed by atoms with Crippen LogP contribution in [0, 0.1) is 0 Å². The fourth-order valence-corrected chi connectivity index (χ4v) is 3.10. The summed E-state index contributed by atoms with van der Waals surface area (Å²) in [4.78, 5) is 3.84. The third-order valence-electron chi connectivity index (χ3n) is 3.04. The van der Waals surface area contributed by atoms with Gasteiger partial charge in [0.15, 0.2) is 0 Å². The van der Waals surface area contributed by atoms with E-state index in [2.05, 4.69) is 9.93 Å². The van der Waals surface area contributed by atoms with Crippen LogP contribution in [-0.2, 0) is 10.0 Å². The number of nitrogens with zero attached hydrogens (tertiary/aromatic N) is 2. The molecule has 0 spiro atoms. The van der Waals surface area contributed by atoms with Gasteiger partial charge in [0.25, 0.3) is 10.0 Å². The van der Waals surface area contributed by atoms with Crippen LogP contribution in [0.1, 0.15) is 0 Å². The van der Waals surface area contributed by atoms with E-state index in [1.807, 2.05) is 0 Å². The molecule has 0 saturated carbocycles. The first-order valence-corrected chi connectivity index (χ1v) is 8.30. The highest BCUT2D eigenvalue weighted by atomic mass is 35.5. The molecule has 0 amide bonds. The summed E-state index contributed by atoms with van der Waals surface area (Å²) in [7, 11) is -3.70. The average molecular weight is 334 g/mol. The number of aromatic nitrogens is 2. The first-order valence-electron chi connectivity index (χ1n) is 6.44. The van der Waals surface area contributed by atoms with Gasteiger partial charge < -0.3 is 0 Å². The van der Waals surface area contributed by atoms with Crippen molar-refractivity contribution in [1.29, 1.82) is 0 Å². The van der Waals surface area contributed by atoms with Gasteiger partial charge in [0.05, 0.1) is 16.8 Å². The molecular weight excluding hydrogens is 322 g/mol. The summed E-state index contributed by atoms with van der Waals surface area (Å²) in [6.45, 7) is 0. The standard InChI is InChI=1S/C15H12ClN3O2S/c16-13-8-6-12(7-9-13)15-10-11-17-19(15)18-22(20,21)14-4-2-1-3-5-14/h1-11,18H. The molecule has 0 aliphatic carbocycles. The van der Waals surface area contributed by atoms with E-state index in [1.54, 1.807) is 48.5 Å². The SMILES string of the molecule is O=S(=O)(Nn1nccc1-c1ccc(Cl)cc1)c1ccccc1. The molecule has 0 saturated heterocycles. The van der Waals surface area contributed by atoms with Gasteiger partial charge in [-0.25, -0.2) is 0 Å². The smallest absolute Gasteiger partial charge is 0.200 e. The molecule has 0 fully saturated rings. The van der Waals surface area contributed by atoms with Gasteiger partial charge in [-0.3, -0.25) is 0 Å². The van der Waals surface area contributed by atoms with Gasteiger partial charge in [-0.1, -0.05) is 41.9 Å². The van der Waals surface area contributed by atoms with E-state index in [4.69, 9.17) is 11.6 Å². The van der Waals surface area contributed by atoms with Crippen molar-refractivity contribution in [3.8, 4) is 11.3 Å². The quantitative estimate of drug-likeness (QED) is 0.797. The molecule has 7 heteroatoms. The van der Waals surface area contributed by atoms with Gasteiger partial charge in [-0.2, -0.15) is 23.1 Å². The molecule has 0 radical (unpaired) electrons. The van der Waals surface area contributed by atoms with Crippen molar-refractivity contribution < 1.29 is 8.42 Å². The number of rotatable bonds is 4. The van der Waals surface area contributed by atoms with Crippen molar-refractivity contribution in [2.45, 2.75) is 4.90 Å². The first kappa shape index (κ1) is 14.6. The number of sulfonamides is 1. The molecule has 1 aromatic heterocycles. The second-order valence-electron chi connectivity index (χ2n) is 4.54. The lowest BCUT2D eigenvalue weighted by Gasteiger charge is -2.11. The van der Waals surface area contributed by atoms with E-state index in [-0.39, 0.29) is 4.90 Å². The highest BCUT2D eigenvalue weighted by Crippen LogP contribution is 2.21. The zero-order valence-corrected chi connectivity index (χ0v) is 12.9. The Morgan fingerprint density at radius 2 is 1.64 bits per heavy atom. The van der Waals surface area contributed by atoms with Crippen LogP contribution >= 0.6 is 11.6 Å². The van der Waals surface area contributed by atoms with E-state index < -0.39 is 10.0 Å². The lowest BCUT2D eigenvalue weighted by atomic mass is 10.2. The summed E-state index contributed by atoms with van der Waals surface area (Å²) in [6.07, 6.45) is 1.53. The minimum Gasteiger partial charge on any atom is -0.200 e. The van der Waals surface area contributed by atoms with Gasteiger partial charge in [0.2, 0.25) is 0 Å². The van der Waals surface area contributed by atoms with E-state index >= 15 is 0 Å². The third-order valence-corrected chi connectivity index (χ3v) is 4.60. The summed E-state index contributed by atoms with van der Waals surface area (Å²) in [5, 5.41) is 4.63. The molecule has 22 heavy (non-hydrogen) atoms. The maximum Gasteiger partial charge on any atom is 0.276 e. The highest BCUT2D eigenvalue weighted by Gasteiger charge is 2.16. The van der Waals surface area contributed by atoms with Crippen LogP contribution < -0.4 is 4.83 Å². The Hall–Kier alpha value is -2.31. The predicted octanol–water partition coefficient (Wildman–Crippen LogP) is 3.14. The van der Waals surface area contributed by atoms with Gasteiger partial charge in [0.1, 0.15) is 0 Å². The molecule has 1 heterocycles. The van der Waals surface area contributed by atoms with Crippen molar-refractivity contribution in [2.24, 2.45) is 0 Å². The summed E-state index contributed by atoms with van der Waals surface area (Å²) in [5.74, 6) is 0. The van der Waals surface area contributed by atoms with Crippen molar-refractivity contribution in [3.63, 3.8) is 0 Å². The topological polar surface area (TPSA) is 64.0 Å². The Bertz CT molecular complexity index is 875. The predicted molar refractivity (Wildman–Crippen MR) is 85.7 cm³/mol. The second-order valence-corrected chi connectivity index (χ2v) is 6.64. The molecule has 3 aromatic rings. The minimum atomic E-state index is -3.70. The summed E-state index contributed by atoms with van der Waals surface area (Å²) in [5.41, 5.74) is 1.42. The Morgan fingerprint density at radius 1 is 0.955 bits per heavy atom. The van der Waals surface area contributed by atoms with E-state index in [1.165, 1.54) is 23.1 Å². The lowest BCUT2D eigenvalue weighted by Crippen LogP contribution is -2.24. The Labute approximate surface area is 133 Å². The highest BCUT2D eigenvalue weighted by molar-refractivity contribution is 7.92. The van der Waals surface area contributed by atoms with Gasteiger partial charge in [0, 0.05) is 10.6 Å². The molecule has 0 unspecified atom stereocenters. The van der Waals surface area contributed by atoms with E-state index in [9.17, 15) is 8.42 Å². The Balaban J connectivity index is 1.95.